The molecule has 0 atom stereocenters. The average Bonchev–Trinajstić information content (AvgIpc) is 2.38. The normalized spacial score (nSPS) is 16.8. The van der Waals surface area contributed by atoms with Crippen molar-refractivity contribution in [1.29, 1.82) is 0 Å². The van der Waals surface area contributed by atoms with Crippen molar-refractivity contribution < 1.29 is 14.2 Å². The minimum absolute atomic E-state index is 0.0288. The molecule has 1 fully saturated rings. The van der Waals surface area contributed by atoms with Gasteiger partial charge in [-0.2, -0.15) is 0 Å². The molecule has 2 rings (SSSR count). The molecule has 100 valence electrons. The third-order valence-electron chi connectivity index (χ3n) is 3.63. The van der Waals surface area contributed by atoms with E-state index in [2.05, 4.69) is 5.32 Å². The number of piperidine rings is 1. The van der Waals surface area contributed by atoms with Gasteiger partial charge in [-0.25, -0.2) is 4.39 Å². The van der Waals surface area contributed by atoms with Gasteiger partial charge in [-0.15, -0.1) is 0 Å². The number of ether oxygens (including phenoxy) is 1. The molecule has 1 aliphatic rings. The van der Waals surface area contributed by atoms with Crippen LogP contribution in [0.25, 0.3) is 0 Å². The minimum Gasteiger partial charge on any atom is -0.504 e. The van der Waals surface area contributed by atoms with Crippen LogP contribution in [0, 0.1) is 18.7 Å². The number of benzene rings is 1. The number of nitrogens with one attached hydrogen (secondary N) is 1. The van der Waals surface area contributed by atoms with Crippen molar-refractivity contribution in [1.82, 2.24) is 5.32 Å². The topological polar surface area (TPSA) is 41.5 Å². The van der Waals surface area contributed by atoms with E-state index in [1.54, 1.807) is 13.0 Å². The maximum atomic E-state index is 14.2. The lowest BCUT2D eigenvalue weighted by Crippen LogP contribution is -2.28. The second-order valence-electron chi connectivity index (χ2n) is 4.95. The van der Waals surface area contributed by atoms with Crippen LogP contribution in [-0.4, -0.2) is 25.3 Å². The molecule has 2 N–H and O–H groups in total. The molecular formula is C14H20FNO2. The fourth-order valence-electron chi connectivity index (χ4n) is 2.55. The summed E-state index contributed by atoms with van der Waals surface area (Å²) in [6.07, 6.45) is 2.86. The summed E-state index contributed by atoms with van der Waals surface area (Å²) in [4.78, 5) is 0. The van der Waals surface area contributed by atoms with Gasteiger partial charge in [0, 0.05) is 0 Å². The lowest BCUT2D eigenvalue weighted by Gasteiger charge is -2.23. The molecule has 0 spiro atoms. The Morgan fingerprint density at radius 1 is 1.44 bits per heavy atom. The Morgan fingerprint density at radius 2 is 2.11 bits per heavy atom. The van der Waals surface area contributed by atoms with Crippen LogP contribution in [0.4, 0.5) is 4.39 Å². The highest BCUT2D eigenvalue weighted by atomic mass is 19.1. The maximum absolute atomic E-state index is 14.2. The number of rotatable bonds is 3. The second kappa shape index (κ2) is 5.57. The number of aryl methyl sites for hydroxylation is 1. The Hall–Kier alpha value is -1.29. The van der Waals surface area contributed by atoms with Crippen LogP contribution in [0.3, 0.4) is 0 Å². The Kier molecular flexibility index (Phi) is 4.07. The second-order valence-corrected chi connectivity index (χ2v) is 4.95. The number of hydrogen-bond acceptors (Lipinski definition) is 3. The SMILES string of the molecule is COc1c(O)c(C)cc(CC2CCNCC2)c1F. The van der Waals surface area contributed by atoms with Crippen LogP contribution in [0.15, 0.2) is 6.07 Å². The highest BCUT2D eigenvalue weighted by Gasteiger charge is 2.20. The first-order chi connectivity index (χ1) is 8.63. The van der Waals surface area contributed by atoms with Gasteiger partial charge in [0.05, 0.1) is 7.11 Å². The molecule has 4 heteroatoms. The van der Waals surface area contributed by atoms with Gasteiger partial charge in [0.15, 0.2) is 17.3 Å². The standard InChI is InChI=1S/C14H20FNO2/c1-9-7-11(8-10-3-5-16-6-4-10)12(15)14(18-2)13(9)17/h7,10,16-17H,3-6,8H2,1-2H3. The van der Waals surface area contributed by atoms with E-state index >= 15 is 0 Å². The van der Waals surface area contributed by atoms with E-state index in [0.717, 1.165) is 25.9 Å². The van der Waals surface area contributed by atoms with Crippen LogP contribution in [0.1, 0.15) is 24.0 Å². The van der Waals surface area contributed by atoms with E-state index in [4.69, 9.17) is 4.74 Å². The predicted molar refractivity (Wildman–Crippen MR) is 68.7 cm³/mol. The summed E-state index contributed by atoms with van der Waals surface area (Å²) in [5.41, 5.74) is 1.31. The van der Waals surface area contributed by atoms with E-state index in [1.807, 2.05) is 0 Å². The zero-order valence-corrected chi connectivity index (χ0v) is 10.9. The first-order valence-corrected chi connectivity index (χ1v) is 6.39. The molecule has 18 heavy (non-hydrogen) atoms. The molecule has 3 nitrogen and oxygen atoms in total. The minimum atomic E-state index is -0.417. The fraction of sp³-hybridized carbons (Fsp3) is 0.571. The fourth-order valence-corrected chi connectivity index (χ4v) is 2.55. The van der Waals surface area contributed by atoms with E-state index in [1.165, 1.54) is 7.11 Å². The molecule has 1 aromatic rings. The number of phenolic OH excluding ortho intramolecular Hbond substituents is 1. The van der Waals surface area contributed by atoms with Crippen molar-refractivity contribution in [2.45, 2.75) is 26.2 Å². The number of hydrogen-bond donors (Lipinski definition) is 2. The zero-order valence-electron chi connectivity index (χ0n) is 10.9. The Labute approximate surface area is 107 Å². The summed E-state index contributed by atoms with van der Waals surface area (Å²) < 4.78 is 19.1. The largest absolute Gasteiger partial charge is 0.504 e. The van der Waals surface area contributed by atoms with Gasteiger partial charge in [-0.3, -0.25) is 0 Å². The lowest BCUT2D eigenvalue weighted by atomic mass is 9.90. The summed E-state index contributed by atoms with van der Waals surface area (Å²) in [6, 6.07) is 1.73. The highest BCUT2D eigenvalue weighted by Crippen LogP contribution is 2.36. The molecule has 1 saturated heterocycles. The third kappa shape index (κ3) is 2.58. The number of phenols is 1. The number of halogens is 1. The summed E-state index contributed by atoms with van der Waals surface area (Å²) in [5.74, 6) is -0.0310. The van der Waals surface area contributed by atoms with Crippen LogP contribution >= 0.6 is 0 Å². The van der Waals surface area contributed by atoms with Gasteiger partial charge in [0.1, 0.15) is 0 Å². The van der Waals surface area contributed by atoms with E-state index in [-0.39, 0.29) is 11.5 Å². The molecular weight excluding hydrogens is 233 g/mol. The first kappa shape index (κ1) is 13.1. The first-order valence-electron chi connectivity index (χ1n) is 6.39. The molecule has 0 aromatic heterocycles. The molecule has 0 amide bonds. The van der Waals surface area contributed by atoms with Crippen molar-refractivity contribution in [3.8, 4) is 11.5 Å². The third-order valence-corrected chi connectivity index (χ3v) is 3.63. The molecule has 0 bridgehead atoms. The summed E-state index contributed by atoms with van der Waals surface area (Å²) in [5, 5.41) is 13.0. The van der Waals surface area contributed by atoms with Crippen molar-refractivity contribution in [2.75, 3.05) is 20.2 Å². The van der Waals surface area contributed by atoms with Crippen LogP contribution in [0.5, 0.6) is 11.5 Å². The van der Waals surface area contributed by atoms with E-state index in [9.17, 15) is 9.50 Å². The average molecular weight is 253 g/mol. The van der Waals surface area contributed by atoms with Crippen molar-refractivity contribution in [3.05, 3.63) is 23.0 Å². The number of methoxy groups -OCH3 is 1. The van der Waals surface area contributed by atoms with Gasteiger partial charge >= 0.3 is 0 Å². The predicted octanol–water partition coefficient (Wildman–Crippen LogP) is 2.39. The summed E-state index contributed by atoms with van der Waals surface area (Å²) in [7, 11) is 1.38. The van der Waals surface area contributed by atoms with Crippen molar-refractivity contribution in [2.24, 2.45) is 5.92 Å². The summed E-state index contributed by atoms with van der Waals surface area (Å²) >= 11 is 0. The van der Waals surface area contributed by atoms with Crippen LogP contribution in [0.2, 0.25) is 0 Å². The Balaban J connectivity index is 2.24. The molecule has 1 heterocycles. The summed E-state index contributed by atoms with van der Waals surface area (Å²) in [6.45, 7) is 3.77. The van der Waals surface area contributed by atoms with Crippen molar-refractivity contribution in [3.63, 3.8) is 0 Å². The smallest absolute Gasteiger partial charge is 0.197 e. The van der Waals surface area contributed by atoms with Gasteiger partial charge in [0.25, 0.3) is 0 Å². The van der Waals surface area contributed by atoms with Crippen LogP contribution in [-0.2, 0) is 6.42 Å². The quantitative estimate of drug-likeness (QED) is 0.869. The highest BCUT2D eigenvalue weighted by molar-refractivity contribution is 5.49. The Bertz CT molecular complexity index is 428. The molecule has 0 saturated carbocycles. The monoisotopic (exact) mass is 253 g/mol. The van der Waals surface area contributed by atoms with E-state index in [0.29, 0.717) is 23.5 Å². The lowest BCUT2D eigenvalue weighted by molar-refractivity contribution is 0.339. The molecule has 0 aliphatic carbocycles. The zero-order chi connectivity index (χ0) is 13.1. The van der Waals surface area contributed by atoms with E-state index < -0.39 is 5.82 Å². The van der Waals surface area contributed by atoms with Gasteiger partial charge in [0.2, 0.25) is 0 Å². The molecule has 1 aliphatic heterocycles. The van der Waals surface area contributed by atoms with Crippen LogP contribution < -0.4 is 10.1 Å². The molecule has 1 aromatic carbocycles. The van der Waals surface area contributed by atoms with Crippen molar-refractivity contribution >= 4 is 0 Å². The Morgan fingerprint density at radius 3 is 2.72 bits per heavy atom. The molecule has 0 radical (unpaired) electrons. The molecule has 0 unspecified atom stereocenters. The van der Waals surface area contributed by atoms with Gasteiger partial charge in [-0.05, 0) is 62.4 Å². The van der Waals surface area contributed by atoms with Gasteiger partial charge < -0.3 is 15.2 Å². The maximum Gasteiger partial charge on any atom is 0.197 e. The number of aromatic hydroxyl groups is 1. The van der Waals surface area contributed by atoms with Gasteiger partial charge in [-0.1, -0.05) is 0 Å².